The molecule has 0 bridgehead atoms. The van der Waals surface area contributed by atoms with Crippen molar-refractivity contribution in [3.63, 3.8) is 0 Å². The number of nitrogens with zero attached hydrogens (tertiary/aromatic N) is 1. The zero-order valence-corrected chi connectivity index (χ0v) is 10.5. The number of nitrogens with two attached hydrogens (primary N) is 1. The largest absolute Gasteiger partial charge is 0.455 e. The van der Waals surface area contributed by atoms with Gasteiger partial charge in [-0.15, -0.1) is 0 Å². The molecule has 1 aliphatic rings. The van der Waals surface area contributed by atoms with Crippen LogP contribution >= 0.6 is 11.6 Å². The second-order valence-electron chi connectivity index (χ2n) is 4.34. The van der Waals surface area contributed by atoms with E-state index in [2.05, 4.69) is 4.98 Å². The van der Waals surface area contributed by atoms with E-state index in [1.54, 1.807) is 6.20 Å². The Balaban J connectivity index is 2.16. The van der Waals surface area contributed by atoms with Crippen LogP contribution < -0.4 is 10.5 Å². The maximum Gasteiger partial charge on any atom is 0.149 e. The van der Waals surface area contributed by atoms with Gasteiger partial charge in [-0.05, 0) is 30.7 Å². The minimum absolute atomic E-state index is 0.141. The summed E-state index contributed by atoms with van der Waals surface area (Å²) >= 11 is 6.24. The highest BCUT2D eigenvalue weighted by atomic mass is 35.5. The minimum atomic E-state index is 0.141. The first-order valence-corrected chi connectivity index (χ1v) is 6.27. The maximum atomic E-state index is 6.24. The van der Waals surface area contributed by atoms with Gasteiger partial charge >= 0.3 is 0 Å². The molecule has 0 spiro atoms. The van der Waals surface area contributed by atoms with E-state index in [-0.39, 0.29) is 5.92 Å². The van der Waals surface area contributed by atoms with Gasteiger partial charge in [-0.3, -0.25) is 4.98 Å². The molecule has 1 unspecified atom stereocenters. The molecule has 1 aromatic heterocycles. The molecule has 0 fully saturated rings. The average molecular weight is 261 g/mol. The zero-order valence-electron chi connectivity index (χ0n) is 9.77. The fourth-order valence-electron chi connectivity index (χ4n) is 2.28. The number of fused-ring (bicyclic) bond motifs is 2. The van der Waals surface area contributed by atoms with E-state index in [1.165, 1.54) is 0 Å². The Morgan fingerprint density at radius 3 is 2.94 bits per heavy atom. The first-order chi connectivity index (χ1) is 8.79. The molecule has 3 nitrogen and oxygen atoms in total. The molecule has 0 amide bonds. The number of aromatic nitrogens is 1. The van der Waals surface area contributed by atoms with Crippen molar-refractivity contribution in [1.29, 1.82) is 0 Å². The van der Waals surface area contributed by atoms with E-state index in [1.807, 2.05) is 30.3 Å². The highest BCUT2D eigenvalue weighted by Crippen LogP contribution is 2.40. The van der Waals surface area contributed by atoms with Crippen LogP contribution in [0.1, 0.15) is 17.2 Å². The quantitative estimate of drug-likeness (QED) is 0.857. The van der Waals surface area contributed by atoms with Crippen molar-refractivity contribution >= 4 is 11.6 Å². The molecule has 3 rings (SSSR count). The summed E-state index contributed by atoms with van der Waals surface area (Å²) in [5.74, 6) is 1.71. The lowest BCUT2D eigenvalue weighted by Crippen LogP contribution is -2.15. The maximum absolute atomic E-state index is 6.24. The van der Waals surface area contributed by atoms with Crippen LogP contribution in [-0.2, 0) is 6.42 Å². The Hall–Kier alpha value is -1.58. The number of rotatable bonds is 1. The fraction of sp³-hybridized carbons (Fsp3) is 0.214. The van der Waals surface area contributed by atoms with Gasteiger partial charge in [0.15, 0.2) is 0 Å². The van der Waals surface area contributed by atoms with Crippen LogP contribution in [0.5, 0.6) is 11.5 Å². The predicted molar refractivity (Wildman–Crippen MR) is 71.3 cm³/mol. The number of ether oxygens (including phenoxy) is 1. The molecule has 18 heavy (non-hydrogen) atoms. The summed E-state index contributed by atoms with van der Waals surface area (Å²) < 4.78 is 5.91. The van der Waals surface area contributed by atoms with E-state index in [4.69, 9.17) is 22.1 Å². The lowest BCUT2D eigenvalue weighted by molar-refractivity contribution is 0.474. The third-order valence-corrected chi connectivity index (χ3v) is 3.57. The monoisotopic (exact) mass is 260 g/mol. The number of hydrogen-bond donors (Lipinski definition) is 1. The molecule has 2 N–H and O–H groups in total. The normalized spacial score (nSPS) is 17.3. The van der Waals surface area contributed by atoms with Crippen molar-refractivity contribution in [2.75, 3.05) is 6.54 Å². The Morgan fingerprint density at radius 1 is 1.28 bits per heavy atom. The SMILES string of the molecule is NCC1Cc2c(Cl)cccc2Oc2cccnc21. The second-order valence-corrected chi connectivity index (χ2v) is 4.75. The summed E-state index contributed by atoms with van der Waals surface area (Å²) in [6.45, 7) is 0.526. The first kappa shape index (κ1) is 11.5. The van der Waals surface area contributed by atoms with Crippen molar-refractivity contribution in [2.24, 2.45) is 5.73 Å². The van der Waals surface area contributed by atoms with Crippen molar-refractivity contribution < 1.29 is 4.74 Å². The summed E-state index contributed by atoms with van der Waals surface area (Å²) in [6.07, 6.45) is 2.53. The van der Waals surface area contributed by atoms with Gasteiger partial charge < -0.3 is 10.5 Å². The third-order valence-electron chi connectivity index (χ3n) is 3.22. The minimum Gasteiger partial charge on any atom is -0.455 e. The zero-order chi connectivity index (χ0) is 12.5. The van der Waals surface area contributed by atoms with Crippen LogP contribution in [-0.4, -0.2) is 11.5 Å². The summed E-state index contributed by atoms with van der Waals surface area (Å²) in [5, 5.41) is 0.721. The summed E-state index contributed by atoms with van der Waals surface area (Å²) in [4.78, 5) is 4.40. The second kappa shape index (κ2) is 4.59. The molecule has 2 aromatic rings. The predicted octanol–water partition coefficient (Wildman–Crippen LogP) is 3.13. The fourth-order valence-corrected chi connectivity index (χ4v) is 2.53. The molecule has 1 aromatic carbocycles. The molecule has 4 heteroatoms. The van der Waals surface area contributed by atoms with E-state index < -0.39 is 0 Å². The number of benzene rings is 1. The molecule has 0 saturated heterocycles. The van der Waals surface area contributed by atoms with Gasteiger partial charge in [-0.2, -0.15) is 0 Å². The number of halogens is 1. The lowest BCUT2D eigenvalue weighted by atomic mass is 9.96. The molecular weight excluding hydrogens is 248 g/mol. The topological polar surface area (TPSA) is 48.1 Å². The lowest BCUT2D eigenvalue weighted by Gasteiger charge is -2.12. The Morgan fingerprint density at radius 2 is 2.11 bits per heavy atom. The van der Waals surface area contributed by atoms with E-state index in [0.717, 1.165) is 34.2 Å². The Kier molecular flexibility index (Phi) is 2.94. The molecule has 0 radical (unpaired) electrons. The first-order valence-electron chi connectivity index (χ1n) is 5.90. The molecule has 1 aliphatic heterocycles. The van der Waals surface area contributed by atoms with Gasteiger partial charge in [-0.25, -0.2) is 0 Å². The van der Waals surface area contributed by atoms with Crippen LogP contribution in [0.3, 0.4) is 0 Å². The van der Waals surface area contributed by atoms with Crippen molar-refractivity contribution in [2.45, 2.75) is 12.3 Å². The molecule has 0 aliphatic carbocycles. The van der Waals surface area contributed by atoms with Crippen LogP contribution in [0.4, 0.5) is 0 Å². The summed E-state index contributed by atoms with van der Waals surface area (Å²) in [5.41, 5.74) is 7.77. The van der Waals surface area contributed by atoms with Crippen molar-refractivity contribution in [1.82, 2.24) is 4.98 Å². The van der Waals surface area contributed by atoms with E-state index in [9.17, 15) is 0 Å². The van der Waals surface area contributed by atoms with Crippen LogP contribution in [0.2, 0.25) is 5.02 Å². The molecular formula is C14H13ClN2O. The molecule has 2 heterocycles. The number of pyridine rings is 1. The molecule has 92 valence electrons. The molecule has 0 saturated carbocycles. The van der Waals surface area contributed by atoms with E-state index in [0.29, 0.717) is 6.54 Å². The van der Waals surface area contributed by atoms with Gasteiger partial charge in [0, 0.05) is 29.2 Å². The Labute approximate surface area is 111 Å². The van der Waals surface area contributed by atoms with Crippen molar-refractivity contribution in [3.8, 4) is 11.5 Å². The van der Waals surface area contributed by atoms with Gasteiger partial charge in [-0.1, -0.05) is 17.7 Å². The molecule has 1 atom stereocenters. The van der Waals surface area contributed by atoms with Crippen LogP contribution in [0, 0.1) is 0 Å². The number of hydrogen-bond acceptors (Lipinski definition) is 3. The van der Waals surface area contributed by atoms with Crippen LogP contribution in [0.25, 0.3) is 0 Å². The van der Waals surface area contributed by atoms with Crippen LogP contribution in [0.15, 0.2) is 36.5 Å². The Bertz CT molecular complexity index is 586. The van der Waals surface area contributed by atoms with Gasteiger partial charge in [0.2, 0.25) is 0 Å². The summed E-state index contributed by atoms with van der Waals surface area (Å²) in [6, 6.07) is 9.47. The summed E-state index contributed by atoms with van der Waals surface area (Å²) in [7, 11) is 0. The van der Waals surface area contributed by atoms with E-state index >= 15 is 0 Å². The van der Waals surface area contributed by atoms with Crippen molar-refractivity contribution in [3.05, 3.63) is 52.8 Å². The highest BCUT2D eigenvalue weighted by Gasteiger charge is 2.24. The smallest absolute Gasteiger partial charge is 0.149 e. The van der Waals surface area contributed by atoms with Gasteiger partial charge in [0.05, 0.1) is 5.69 Å². The highest BCUT2D eigenvalue weighted by molar-refractivity contribution is 6.31. The van der Waals surface area contributed by atoms with Gasteiger partial charge in [0.25, 0.3) is 0 Å². The standard InChI is InChI=1S/C14H13ClN2O/c15-11-3-1-4-12-10(11)7-9(8-16)14-13(18-12)5-2-6-17-14/h1-6,9H,7-8,16H2. The third kappa shape index (κ3) is 1.85. The van der Waals surface area contributed by atoms with Gasteiger partial charge in [0.1, 0.15) is 11.5 Å². The average Bonchev–Trinajstić information content (AvgIpc) is 2.55.